The van der Waals surface area contributed by atoms with Gasteiger partial charge in [0.25, 0.3) is 0 Å². The zero-order chi connectivity index (χ0) is 15.9. The first-order valence-electron chi connectivity index (χ1n) is 6.97. The molecule has 0 saturated carbocycles. The molecule has 0 atom stereocenters. The van der Waals surface area contributed by atoms with Crippen LogP contribution in [0.25, 0.3) is 11.3 Å². The van der Waals surface area contributed by atoms with E-state index in [1.807, 2.05) is 30.3 Å². The molecule has 1 aromatic heterocycles. The van der Waals surface area contributed by atoms with Gasteiger partial charge < -0.3 is 9.84 Å². The fourth-order valence-electron chi connectivity index (χ4n) is 2.11. The summed E-state index contributed by atoms with van der Waals surface area (Å²) in [6.45, 7) is 2.36. The molecule has 1 aromatic carbocycles. The first-order chi connectivity index (χ1) is 10.6. The third-order valence-corrected chi connectivity index (χ3v) is 3.00. The number of ether oxygens (including phenoxy) is 1. The van der Waals surface area contributed by atoms with E-state index in [2.05, 4.69) is 10.3 Å². The quantitative estimate of drug-likeness (QED) is 0.779. The summed E-state index contributed by atoms with van der Waals surface area (Å²) in [4.78, 5) is 22.4. The van der Waals surface area contributed by atoms with Crippen LogP contribution in [0.15, 0.2) is 30.3 Å². The molecule has 0 aliphatic rings. The molecule has 7 nitrogen and oxygen atoms in total. The number of carboxylic acids is 1. The lowest BCUT2D eigenvalue weighted by Gasteiger charge is -2.07. The van der Waals surface area contributed by atoms with Crippen molar-refractivity contribution in [1.29, 1.82) is 0 Å². The van der Waals surface area contributed by atoms with E-state index in [-0.39, 0.29) is 25.4 Å². The molecule has 0 radical (unpaired) electrons. The van der Waals surface area contributed by atoms with Gasteiger partial charge >= 0.3 is 11.9 Å². The molecule has 0 amide bonds. The number of rotatable bonds is 7. The number of carbonyl (C=O) groups is 2. The van der Waals surface area contributed by atoms with Crippen molar-refractivity contribution < 1.29 is 19.4 Å². The van der Waals surface area contributed by atoms with Gasteiger partial charge in [0.05, 0.1) is 31.7 Å². The molecule has 1 heterocycles. The van der Waals surface area contributed by atoms with Crippen LogP contribution in [0, 0.1) is 0 Å². The van der Waals surface area contributed by atoms with Crippen LogP contribution in [-0.4, -0.2) is 38.6 Å². The Hall–Kier alpha value is -2.70. The van der Waals surface area contributed by atoms with Crippen molar-refractivity contribution in [1.82, 2.24) is 15.0 Å². The molecular formula is C15H17N3O4. The number of aliphatic carboxylic acids is 1. The van der Waals surface area contributed by atoms with E-state index in [1.165, 1.54) is 0 Å². The second-order valence-electron chi connectivity index (χ2n) is 4.60. The largest absolute Gasteiger partial charge is 0.481 e. The van der Waals surface area contributed by atoms with Crippen LogP contribution in [0.1, 0.15) is 19.0 Å². The van der Waals surface area contributed by atoms with E-state index in [1.54, 1.807) is 11.6 Å². The molecule has 2 rings (SSSR count). The molecule has 22 heavy (non-hydrogen) atoms. The summed E-state index contributed by atoms with van der Waals surface area (Å²) >= 11 is 0. The number of aryl methyl sites for hydroxylation is 1. The van der Waals surface area contributed by atoms with Crippen molar-refractivity contribution in [2.24, 2.45) is 0 Å². The number of hydrogen-bond acceptors (Lipinski definition) is 5. The van der Waals surface area contributed by atoms with Gasteiger partial charge in [0, 0.05) is 5.56 Å². The molecule has 1 N–H and O–H groups in total. The van der Waals surface area contributed by atoms with Crippen LogP contribution in [-0.2, 0) is 27.3 Å². The highest BCUT2D eigenvalue weighted by Gasteiger charge is 2.18. The van der Waals surface area contributed by atoms with Gasteiger partial charge in [0.15, 0.2) is 0 Å². The molecule has 116 valence electrons. The minimum atomic E-state index is -0.977. The Balaban J connectivity index is 2.28. The van der Waals surface area contributed by atoms with Gasteiger partial charge in [0.1, 0.15) is 5.69 Å². The smallest absolute Gasteiger partial charge is 0.309 e. The highest BCUT2D eigenvalue weighted by atomic mass is 16.5. The van der Waals surface area contributed by atoms with Gasteiger partial charge in [-0.1, -0.05) is 35.5 Å². The zero-order valence-corrected chi connectivity index (χ0v) is 12.2. The molecule has 0 bridgehead atoms. The predicted molar refractivity (Wildman–Crippen MR) is 78.0 cm³/mol. The van der Waals surface area contributed by atoms with E-state index < -0.39 is 5.97 Å². The number of aromatic nitrogens is 3. The average Bonchev–Trinajstić information content (AvgIpc) is 2.88. The molecule has 0 spiro atoms. The number of carboxylic acid groups (broad SMARTS) is 1. The van der Waals surface area contributed by atoms with E-state index in [0.717, 1.165) is 5.56 Å². The van der Waals surface area contributed by atoms with E-state index in [4.69, 9.17) is 9.84 Å². The highest BCUT2D eigenvalue weighted by molar-refractivity contribution is 5.74. The third kappa shape index (κ3) is 3.91. The standard InChI is InChI=1S/C15H17N3O4/c1-2-22-14(21)8-9-18-15(11-6-4-3-5-7-11)12(16-17-18)10-13(19)20/h3-7H,2,8-10H2,1H3,(H,19,20). The van der Waals surface area contributed by atoms with Crippen molar-refractivity contribution >= 4 is 11.9 Å². The Kier molecular flexibility index (Phi) is 5.24. The lowest BCUT2D eigenvalue weighted by Crippen LogP contribution is -2.11. The summed E-state index contributed by atoms with van der Waals surface area (Å²) in [6.07, 6.45) is -0.0623. The normalized spacial score (nSPS) is 10.4. The van der Waals surface area contributed by atoms with Crippen LogP contribution in [0.2, 0.25) is 0 Å². The minimum Gasteiger partial charge on any atom is -0.481 e. The number of benzene rings is 1. The topological polar surface area (TPSA) is 94.3 Å². The summed E-state index contributed by atoms with van der Waals surface area (Å²) in [7, 11) is 0. The second-order valence-corrected chi connectivity index (χ2v) is 4.60. The molecular weight excluding hydrogens is 286 g/mol. The maximum Gasteiger partial charge on any atom is 0.309 e. The molecule has 0 saturated heterocycles. The monoisotopic (exact) mass is 303 g/mol. The minimum absolute atomic E-state index is 0.156. The first-order valence-corrected chi connectivity index (χ1v) is 6.97. The Labute approximate surface area is 127 Å². The predicted octanol–water partition coefficient (Wildman–Crippen LogP) is 1.53. The Morgan fingerprint density at radius 1 is 1.27 bits per heavy atom. The lowest BCUT2D eigenvalue weighted by molar-refractivity contribution is -0.143. The average molecular weight is 303 g/mol. The highest BCUT2D eigenvalue weighted by Crippen LogP contribution is 2.22. The Bertz CT molecular complexity index is 652. The maximum atomic E-state index is 11.5. The summed E-state index contributed by atoms with van der Waals surface area (Å²) < 4.78 is 6.43. The number of carbonyl (C=O) groups excluding carboxylic acids is 1. The van der Waals surface area contributed by atoms with Crippen molar-refractivity contribution in [2.75, 3.05) is 6.61 Å². The molecule has 0 aliphatic carbocycles. The van der Waals surface area contributed by atoms with E-state index >= 15 is 0 Å². The first kappa shape index (κ1) is 15.7. The Morgan fingerprint density at radius 2 is 2.00 bits per heavy atom. The van der Waals surface area contributed by atoms with Gasteiger partial charge in [-0.2, -0.15) is 0 Å². The van der Waals surface area contributed by atoms with Crippen LogP contribution in [0.3, 0.4) is 0 Å². The lowest BCUT2D eigenvalue weighted by atomic mass is 10.1. The molecule has 0 fully saturated rings. The second kappa shape index (κ2) is 7.35. The van der Waals surface area contributed by atoms with E-state index in [0.29, 0.717) is 18.0 Å². The van der Waals surface area contributed by atoms with Crippen LogP contribution >= 0.6 is 0 Å². The van der Waals surface area contributed by atoms with Crippen molar-refractivity contribution in [3.63, 3.8) is 0 Å². The van der Waals surface area contributed by atoms with Crippen LogP contribution in [0.4, 0.5) is 0 Å². The fourth-order valence-corrected chi connectivity index (χ4v) is 2.11. The maximum absolute atomic E-state index is 11.5. The van der Waals surface area contributed by atoms with Gasteiger partial charge in [0.2, 0.25) is 0 Å². The number of hydrogen-bond donors (Lipinski definition) is 1. The van der Waals surface area contributed by atoms with Crippen molar-refractivity contribution in [3.8, 4) is 11.3 Å². The summed E-state index contributed by atoms with van der Waals surface area (Å²) in [6, 6.07) is 9.27. The molecule has 0 unspecified atom stereocenters. The van der Waals surface area contributed by atoms with E-state index in [9.17, 15) is 9.59 Å². The van der Waals surface area contributed by atoms with Gasteiger partial charge in [-0.05, 0) is 6.92 Å². The van der Waals surface area contributed by atoms with Gasteiger partial charge in [-0.3, -0.25) is 9.59 Å². The van der Waals surface area contributed by atoms with Crippen LogP contribution < -0.4 is 0 Å². The van der Waals surface area contributed by atoms with Crippen molar-refractivity contribution in [2.45, 2.75) is 26.3 Å². The third-order valence-electron chi connectivity index (χ3n) is 3.00. The van der Waals surface area contributed by atoms with Crippen molar-refractivity contribution in [3.05, 3.63) is 36.0 Å². The molecule has 7 heteroatoms. The zero-order valence-electron chi connectivity index (χ0n) is 12.2. The fraction of sp³-hybridized carbons (Fsp3) is 0.333. The summed E-state index contributed by atoms with van der Waals surface area (Å²) in [5.74, 6) is -1.30. The number of nitrogens with zero attached hydrogens (tertiary/aromatic N) is 3. The summed E-state index contributed by atoms with van der Waals surface area (Å²) in [5, 5.41) is 16.9. The summed E-state index contributed by atoms with van der Waals surface area (Å²) in [5.41, 5.74) is 1.81. The number of esters is 1. The SMILES string of the molecule is CCOC(=O)CCn1nnc(CC(=O)O)c1-c1ccccc1. The van der Waals surface area contributed by atoms with Crippen LogP contribution in [0.5, 0.6) is 0 Å². The van der Waals surface area contributed by atoms with Gasteiger partial charge in [-0.15, -0.1) is 5.10 Å². The Morgan fingerprint density at radius 3 is 2.64 bits per heavy atom. The molecule has 2 aromatic rings. The molecule has 0 aliphatic heterocycles. The van der Waals surface area contributed by atoms with Gasteiger partial charge in [-0.25, -0.2) is 4.68 Å².